The minimum Gasteiger partial charge on any atom is -0.418 e. The Morgan fingerprint density at radius 2 is 0.826 bits per heavy atom. The van der Waals surface area contributed by atoms with Crippen LogP contribution in [0.1, 0.15) is 85.5 Å². The van der Waals surface area contributed by atoms with Crippen molar-refractivity contribution >= 4 is 14.5 Å². The summed E-state index contributed by atoms with van der Waals surface area (Å²) in [6, 6.07) is 0. The van der Waals surface area contributed by atoms with E-state index < -0.39 is 14.5 Å². The van der Waals surface area contributed by atoms with Gasteiger partial charge < -0.3 is 17.3 Å². The summed E-state index contributed by atoms with van der Waals surface area (Å²) in [6.07, 6.45) is 19.4. The quantitative estimate of drug-likeness (QED) is 0.136. The predicted molar refractivity (Wildman–Crippen MR) is 101 cm³/mol. The lowest BCUT2D eigenvalue weighted by atomic mass is 10.3. The average Bonchev–Trinajstić information content (AvgIpc) is 2.46. The summed E-state index contributed by atoms with van der Waals surface area (Å²) in [5.41, 5.74) is 0. The van der Waals surface area contributed by atoms with E-state index in [0.717, 1.165) is 0 Å². The van der Waals surface area contributed by atoms with Crippen LogP contribution in [-0.2, 0) is 0 Å². The summed E-state index contributed by atoms with van der Waals surface area (Å²) < 4.78 is 39.0. The Morgan fingerprint density at radius 1 is 0.565 bits per heavy atom. The van der Waals surface area contributed by atoms with Crippen molar-refractivity contribution in [2.75, 3.05) is 24.6 Å². The lowest BCUT2D eigenvalue weighted by Crippen LogP contribution is -2.11. The summed E-state index contributed by atoms with van der Waals surface area (Å²) in [5.74, 6) is 0. The van der Waals surface area contributed by atoms with Gasteiger partial charge in [-0.05, 0) is 26.2 Å². The first-order valence-electron chi connectivity index (χ1n) is 9.47. The van der Waals surface area contributed by atoms with E-state index in [1.54, 1.807) is 18.5 Å². The van der Waals surface area contributed by atoms with Gasteiger partial charge in [-0.1, -0.05) is 59.3 Å². The molecule has 142 valence electrons. The van der Waals surface area contributed by atoms with Gasteiger partial charge in [0, 0.05) is 7.26 Å². The Balaban J connectivity index is 0. The Hall–Kier alpha value is 0.215. The molecule has 0 nitrogen and oxygen atoms in total. The highest BCUT2D eigenvalue weighted by atomic mass is 31.2. The third kappa shape index (κ3) is 20.2. The van der Waals surface area contributed by atoms with Crippen molar-refractivity contribution in [2.24, 2.45) is 0 Å². The summed E-state index contributed by atoms with van der Waals surface area (Å²) in [6.45, 7) is 9.48. The normalized spacial score (nSPS) is 12.0. The zero-order valence-electron chi connectivity index (χ0n) is 15.7. The van der Waals surface area contributed by atoms with Gasteiger partial charge in [-0.25, -0.2) is 0 Å². The first-order chi connectivity index (χ1) is 10.7. The fraction of sp³-hybridized carbons (Fsp3) is 1.00. The van der Waals surface area contributed by atoms with Gasteiger partial charge >= 0.3 is 7.25 Å². The van der Waals surface area contributed by atoms with Gasteiger partial charge in [0.1, 0.15) is 0 Å². The van der Waals surface area contributed by atoms with Crippen LogP contribution >= 0.6 is 7.26 Å². The van der Waals surface area contributed by atoms with Crippen LogP contribution in [0.2, 0.25) is 0 Å². The Labute approximate surface area is 142 Å². The molecule has 0 bridgehead atoms. The number of halogens is 4. The Morgan fingerprint density at radius 3 is 1.00 bits per heavy atom. The van der Waals surface area contributed by atoms with E-state index in [0.29, 0.717) is 0 Å². The molecule has 6 heteroatoms. The van der Waals surface area contributed by atoms with E-state index in [2.05, 4.69) is 27.7 Å². The summed E-state index contributed by atoms with van der Waals surface area (Å²) in [4.78, 5) is 0. The van der Waals surface area contributed by atoms with E-state index in [9.17, 15) is 17.3 Å². The van der Waals surface area contributed by atoms with Crippen LogP contribution in [0.5, 0.6) is 0 Å². The molecule has 0 aliphatic heterocycles. The molecular weight excluding hydrogens is 322 g/mol. The molecule has 0 amide bonds. The topological polar surface area (TPSA) is 0 Å². The summed E-state index contributed by atoms with van der Waals surface area (Å²) in [5, 5.41) is 0. The molecule has 0 aromatic heterocycles. The van der Waals surface area contributed by atoms with Gasteiger partial charge in [0.2, 0.25) is 0 Å². The maximum Gasteiger partial charge on any atom is 0.673 e. The van der Waals surface area contributed by atoms with Crippen LogP contribution < -0.4 is 0 Å². The zero-order valence-corrected chi connectivity index (χ0v) is 16.6. The van der Waals surface area contributed by atoms with Crippen LogP contribution in [0.25, 0.3) is 0 Å². The van der Waals surface area contributed by atoms with Gasteiger partial charge in [0.15, 0.2) is 0 Å². The van der Waals surface area contributed by atoms with E-state index in [4.69, 9.17) is 0 Å². The number of unbranched alkanes of at least 4 members (excludes halogenated alkanes) is 6. The average molecular weight is 360 g/mol. The molecule has 23 heavy (non-hydrogen) atoms. The molecule has 0 saturated carbocycles. The first-order valence-corrected chi connectivity index (χ1v) is 12.0. The highest BCUT2D eigenvalue weighted by Gasteiger charge is 2.33. The van der Waals surface area contributed by atoms with Crippen molar-refractivity contribution in [1.82, 2.24) is 0 Å². The van der Waals surface area contributed by atoms with Crippen LogP contribution in [0.3, 0.4) is 0 Å². The molecule has 0 atom stereocenters. The molecule has 0 N–H and O–H groups in total. The third-order valence-corrected chi connectivity index (χ3v) is 9.52. The van der Waals surface area contributed by atoms with Crippen molar-refractivity contribution < 1.29 is 17.3 Å². The van der Waals surface area contributed by atoms with E-state index in [1.807, 2.05) is 0 Å². The molecule has 0 rings (SSSR count). The predicted octanol–water partition coefficient (Wildman–Crippen LogP) is 7.89. The van der Waals surface area contributed by atoms with Gasteiger partial charge in [0.25, 0.3) is 0 Å². The second-order valence-corrected chi connectivity index (χ2v) is 11.1. The SMILES string of the molecule is CCCCC[P+](CC)(CCCCC)CCCCC.F[B-](F)(F)F. The Bertz CT molecular complexity index is 215. The fourth-order valence-electron chi connectivity index (χ4n) is 2.90. The molecule has 0 aromatic carbocycles. The molecule has 0 unspecified atom stereocenters. The van der Waals surface area contributed by atoms with Gasteiger partial charge in [0.05, 0.1) is 24.6 Å². The molecule has 0 saturated heterocycles. The van der Waals surface area contributed by atoms with Crippen LogP contribution in [-0.4, -0.2) is 31.9 Å². The monoisotopic (exact) mass is 360 g/mol. The number of hydrogen-bond acceptors (Lipinski definition) is 0. The number of rotatable bonds is 13. The maximum absolute atomic E-state index is 9.75. The van der Waals surface area contributed by atoms with Crippen molar-refractivity contribution in [3.8, 4) is 0 Å². The van der Waals surface area contributed by atoms with Crippen LogP contribution in [0.4, 0.5) is 17.3 Å². The molecule has 0 aliphatic rings. The molecular formula is C17H38BF4P. The minimum absolute atomic E-state index is 0.566. The molecule has 0 radical (unpaired) electrons. The second-order valence-electron chi connectivity index (χ2n) is 6.44. The second kappa shape index (κ2) is 15.7. The van der Waals surface area contributed by atoms with Crippen LogP contribution in [0.15, 0.2) is 0 Å². The lowest BCUT2D eigenvalue weighted by molar-refractivity contribution is 0.368. The fourth-order valence-corrected chi connectivity index (χ4v) is 7.20. The van der Waals surface area contributed by atoms with E-state index in [1.165, 1.54) is 63.9 Å². The molecule has 0 spiro atoms. The first kappa shape index (κ1) is 25.5. The van der Waals surface area contributed by atoms with Gasteiger partial charge in [-0.2, -0.15) is 0 Å². The van der Waals surface area contributed by atoms with Crippen molar-refractivity contribution in [2.45, 2.75) is 85.5 Å². The molecule has 0 aliphatic carbocycles. The number of hydrogen-bond donors (Lipinski definition) is 0. The van der Waals surface area contributed by atoms with Crippen molar-refractivity contribution in [3.05, 3.63) is 0 Å². The maximum atomic E-state index is 9.75. The summed E-state index contributed by atoms with van der Waals surface area (Å²) >= 11 is 0. The molecule has 0 aromatic rings. The summed E-state index contributed by atoms with van der Waals surface area (Å²) in [7, 11) is -6.57. The van der Waals surface area contributed by atoms with E-state index >= 15 is 0 Å². The van der Waals surface area contributed by atoms with Crippen molar-refractivity contribution in [1.29, 1.82) is 0 Å². The standard InChI is InChI=1S/C17H38P.BF4/c1-5-9-12-15-18(8-4,16-13-10-6-2)17-14-11-7-3;2-1(3,4)5/h5-17H2,1-4H3;/q+1;-1. The smallest absolute Gasteiger partial charge is 0.418 e. The highest BCUT2D eigenvalue weighted by molar-refractivity contribution is 7.75. The third-order valence-electron chi connectivity index (χ3n) is 4.38. The zero-order chi connectivity index (χ0) is 18.2. The minimum atomic E-state index is -6.00. The molecule has 0 fully saturated rings. The van der Waals surface area contributed by atoms with Crippen LogP contribution in [0, 0.1) is 0 Å². The molecule has 0 heterocycles. The highest BCUT2D eigenvalue weighted by Crippen LogP contribution is 2.60. The lowest BCUT2D eigenvalue weighted by Gasteiger charge is -2.27. The largest absolute Gasteiger partial charge is 0.673 e. The van der Waals surface area contributed by atoms with E-state index in [-0.39, 0.29) is 0 Å². The van der Waals surface area contributed by atoms with Gasteiger partial charge in [-0.3, -0.25) is 0 Å². The van der Waals surface area contributed by atoms with Crippen molar-refractivity contribution in [3.63, 3.8) is 0 Å². The van der Waals surface area contributed by atoms with Gasteiger partial charge in [-0.15, -0.1) is 0 Å². The Kier molecular flexibility index (Phi) is 17.4.